The topological polar surface area (TPSA) is 48.4 Å². The Morgan fingerprint density at radius 1 is 1.15 bits per heavy atom. The van der Waals surface area contributed by atoms with E-state index < -0.39 is 0 Å². The molecule has 0 spiro atoms. The van der Waals surface area contributed by atoms with Gasteiger partial charge in [0.05, 0.1) is 20.6 Å². The predicted octanol–water partition coefficient (Wildman–Crippen LogP) is 4.41. The Bertz CT molecular complexity index is 1000. The molecule has 0 saturated heterocycles. The molecule has 1 aromatic carbocycles. The van der Waals surface area contributed by atoms with Crippen LogP contribution in [0.4, 0.5) is 0 Å². The lowest BCUT2D eigenvalue weighted by atomic mass is 9.92. The standard InChI is InChI=1S/C22H23NO3S/c1-13-17(12-20(24)26-3)18(11-14-7-9-15(25-2)10-8-14)21-16-5-4-6-19(16)27-22(21)23-13/h7-10H,4-6,11-12H2,1-3H3. The fraction of sp³-hybridized carbons (Fsp3) is 0.364. The minimum absolute atomic E-state index is 0.220. The average molecular weight is 381 g/mol. The number of thiophene rings is 1. The number of carbonyl (C=O) groups excluding carboxylic acids is 1. The normalized spacial score (nSPS) is 13.0. The van der Waals surface area contributed by atoms with Crippen LogP contribution in [0.2, 0.25) is 0 Å². The van der Waals surface area contributed by atoms with Crippen molar-refractivity contribution in [3.63, 3.8) is 0 Å². The van der Waals surface area contributed by atoms with Gasteiger partial charge in [0, 0.05) is 16.0 Å². The fourth-order valence-corrected chi connectivity index (χ4v) is 5.30. The number of aryl methyl sites for hydroxylation is 3. The molecule has 5 heteroatoms. The molecule has 0 unspecified atom stereocenters. The molecule has 2 aromatic heterocycles. The summed E-state index contributed by atoms with van der Waals surface area (Å²) >= 11 is 1.82. The van der Waals surface area contributed by atoms with Crippen molar-refractivity contribution in [1.29, 1.82) is 0 Å². The summed E-state index contributed by atoms with van der Waals surface area (Å²) in [4.78, 5) is 19.5. The second-order valence-electron chi connectivity index (χ2n) is 6.97. The number of fused-ring (bicyclic) bond motifs is 3. The third kappa shape index (κ3) is 3.32. The molecule has 0 radical (unpaired) electrons. The van der Waals surface area contributed by atoms with Crippen molar-refractivity contribution in [2.45, 2.75) is 39.0 Å². The molecule has 0 aliphatic heterocycles. The first kappa shape index (κ1) is 18.0. The highest BCUT2D eigenvalue weighted by Gasteiger charge is 2.24. The number of aromatic nitrogens is 1. The van der Waals surface area contributed by atoms with Crippen molar-refractivity contribution in [1.82, 2.24) is 4.98 Å². The molecular weight excluding hydrogens is 358 g/mol. The van der Waals surface area contributed by atoms with Crippen LogP contribution < -0.4 is 4.74 Å². The van der Waals surface area contributed by atoms with Crippen LogP contribution in [0.15, 0.2) is 24.3 Å². The minimum Gasteiger partial charge on any atom is -0.497 e. The van der Waals surface area contributed by atoms with E-state index in [1.807, 2.05) is 30.4 Å². The van der Waals surface area contributed by atoms with E-state index >= 15 is 0 Å². The molecule has 0 atom stereocenters. The number of esters is 1. The van der Waals surface area contributed by atoms with Crippen molar-refractivity contribution in [2.75, 3.05) is 14.2 Å². The van der Waals surface area contributed by atoms with Gasteiger partial charge in [-0.25, -0.2) is 4.98 Å². The van der Waals surface area contributed by atoms with Crippen molar-refractivity contribution in [3.05, 3.63) is 57.1 Å². The van der Waals surface area contributed by atoms with Crippen molar-refractivity contribution in [2.24, 2.45) is 0 Å². The number of hydrogen-bond donors (Lipinski definition) is 0. The molecule has 2 heterocycles. The number of methoxy groups -OCH3 is 2. The van der Waals surface area contributed by atoms with Gasteiger partial charge in [-0.1, -0.05) is 12.1 Å². The summed E-state index contributed by atoms with van der Waals surface area (Å²) < 4.78 is 10.2. The summed E-state index contributed by atoms with van der Waals surface area (Å²) in [6.07, 6.45) is 4.50. The number of ether oxygens (including phenoxy) is 2. The predicted molar refractivity (Wildman–Crippen MR) is 108 cm³/mol. The molecule has 1 aliphatic carbocycles. The minimum atomic E-state index is -0.220. The third-order valence-corrected chi connectivity index (χ3v) is 6.55. The van der Waals surface area contributed by atoms with Gasteiger partial charge in [0.2, 0.25) is 0 Å². The summed E-state index contributed by atoms with van der Waals surface area (Å²) in [5.41, 5.74) is 5.81. The van der Waals surface area contributed by atoms with Gasteiger partial charge >= 0.3 is 5.97 Å². The Kier molecular flexibility index (Phi) is 4.87. The summed E-state index contributed by atoms with van der Waals surface area (Å²) in [6.45, 7) is 2.00. The fourth-order valence-electron chi connectivity index (χ4n) is 3.96. The summed E-state index contributed by atoms with van der Waals surface area (Å²) in [6, 6.07) is 8.15. The maximum Gasteiger partial charge on any atom is 0.310 e. The lowest BCUT2D eigenvalue weighted by Gasteiger charge is -2.15. The Morgan fingerprint density at radius 2 is 1.93 bits per heavy atom. The van der Waals surface area contributed by atoms with Gasteiger partial charge in [0.15, 0.2) is 0 Å². The SMILES string of the molecule is COC(=O)Cc1c(C)nc2sc3c(c2c1Cc1ccc(OC)cc1)CCC3. The van der Waals surface area contributed by atoms with Crippen molar-refractivity contribution >= 4 is 27.5 Å². The van der Waals surface area contributed by atoms with E-state index in [-0.39, 0.29) is 12.4 Å². The van der Waals surface area contributed by atoms with Crippen molar-refractivity contribution in [3.8, 4) is 5.75 Å². The Balaban J connectivity index is 1.87. The van der Waals surface area contributed by atoms with Gasteiger partial charge < -0.3 is 9.47 Å². The number of benzene rings is 1. The molecule has 1 aliphatic rings. The first-order valence-electron chi connectivity index (χ1n) is 9.23. The van der Waals surface area contributed by atoms with Crippen LogP contribution in [0.5, 0.6) is 5.75 Å². The van der Waals surface area contributed by atoms with E-state index in [4.69, 9.17) is 14.5 Å². The second-order valence-corrected chi connectivity index (χ2v) is 8.05. The van der Waals surface area contributed by atoms with E-state index in [0.29, 0.717) is 0 Å². The third-order valence-electron chi connectivity index (χ3n) is 5.36. The van der Waals surface area contributed by atoms with Crippen molar-refractivity contribution < 1.29 is 14.3 Å². The summed E-state index contributed by atoms with van der Waals surface area (Å²) in [7, 11) is 3.11. The quantitative estimate of drug-likeness (QED) is 0.614. The molecule has 0 N–H and O–H groups in total. The van der Waals surface area contributed by atoms with Crippen LogP contribution in [0.25, 0.3) is 10.2 Å². The Morgan fingerprint density at radius 3 is 2.63 bits per heavy atom. The van der Waals surface area contributed by atoms with E-state index in [2.05, 4.69) is 12.1 Å². The van der Waals surface area contributed by atoms with E-state index in [0.717, 1.165) is 41.1 Å². The van der Waals surface area contributed by atoms with Gasteiger partial charge in [0.1, 0.15) is 10.6 Å². The van der Waals surface area contributed by atoms with Crippen LogP contribution in [0, 0.1) is 6.92 Å². The average Bonchev–Trinajstić information content (AvgIpc) is 3.25. The Labute approximate surface area is 163 Å². The zero-order valence-corrected chi connectivity index (χ0v) is 16.7. The maximum absolute atomic E-state index is 12.1. The van der Waals surface area contributed by atoms with Crippen LogP contribution >= 0.6 is 11.3 Å². The monoisotopic (exact) mass is 381 g/mol. The molecule has 3 aromatic rings. The molecule has 0 fully saturated rings. The van der Waals surface area contributed by atoms with Gasteiger partial charge in [-0.15, -0.1) is 11.3 Å². The van der Waals surface area contributed by atoms with E-state index in [1.54, 1.807) is 7.11 Å². The number of hydrogen-bond acceptors (Lipinski definition) is 5. The van der Waals surface area contributed by atoms with Gasteiger partial charge in [0.25, 0.3) is 0 Å². The van der Waals surface area contributed by atoms with E-state index in [1.165, 1.54) is 40.5 Å². The van der Waals surface area contributed by atoms with Crippen LogP contribution in [-0.4, -0.2) is 25.2 Å². The number of carbonyl (C=O) groups is 1. The first-order valence-corrected chi connectivity index (χ1v) is 10.0. The molecule has 0 saturated carbocycles. The lowest BCUT2D eigenvalue weighted by molar-refractivity contribution is -0.139. The smallest absolute Gasteiger partial charge is 0.310 e. The largest absolute Gasteiger partial charge is 0.497 e. The number of rotatable bonds is 5. The van der Waals surface area contributed by atoms with Gasteiger partial charge in [-0.3, -0.25) is 4.79 Å². The highest BCUT2D eigenvalue weighted by molar-refractivity contribution is 7.18. The molecule has 0 amide bonds. The van der Waals surface area contributed by atoms with Gasteiger partial charge in [-0.2, -0.15) is 0 Å². The molecule has 0 bridgehead atoms. The zero-order chi connectivity index (χ0) is 19.0. The lowest BCUT2D eigenvalue weighted by Crippen LogP contribution is -2.11. The van der Waals surface area contributed by atoms with Gasteiger partial charge in [-0.05, 0) is 67.0 Å². The van der Waals surface area contributed by atoms with Crippen LogP contribution in [-0.2, 0) is 35.2 Å². The summed E-state index contributed by atoms with van der Waals surface area (Å²) in [5, 5.41) is 1.27. The molecule has 4 nitrogen and oxygen atoms in total. The van der Waals surface area contributed by atoms with E-state index in [9.17, 15) is 4.79 Å². The first-order chi connectivity index (χ1) is 13.1. The molecule has 4 rings (SSSR count). The number of pyridine rings is 1. The second kappa shape index (κ2) is 7.31. The maximum atomic E-state index is 12.1. The number of nitrogens with zero attached hydrogens (tertiary/aromatic N) is 1. The van der Waals surface area contributed by atoms with Crippen LogP contribution in [0.3, 0.4) is 0 Å². The van der Waals surface area contributed by atoms with Crippen LogP contribution in [0.1, 0.15) is 39.2 Å². The molecule has 27 heavy (non-hydrogen) atoms. The molecular formula is C22H23NO3S. The zero-order valence-electron chi connectivity index (χ0n) is 15.9. The Hall–Kier alpha value is -2.40. The highest BCUT2D eigenvalue weighted by atomic mass is 32.1. The summed E-state index contributed by atoms with van der Waals surface area (Å²) in [5.74, 6) is 0.628. The highest BCUT2D eigenvalue weighted by Crippen LogP contribution is 2.40. The molecule has 140 valence electrons.